The van der Waals surface area contributed by atoms with Gasteiger partial charge in [0.1, 0.15) is 0 Å². The van der Waals surface area contributed by atoms with Gasteiger partial charge in [-0.15, -0.1) is 0 Å². The predicted molar refractivity (Wildman–Crippen MR) is 164 cm³/mol. The standard InChI is InChI=1S/C33H30N2O4S2/c1-24-8-20-31(21-9-24)40(36,37)34-29-16-12-27(13-17-29)33(26-6-4-3-5-7-26)28-14-18-30(19-15-28)35-41(38,39)32-22-10-25(2)11-23-32/h3-23,33-35H,1-2H3. The fourth-order valence-corrected chi connectivity index (χ4v) is 6.69. The molecule has 41 heavy (non-hydrogen) atoms. The number of aryl methyl sites for hydroxylation is 2. The molecule has 0 unspecified atom stereocenters. The largest absolute Gasteiger partial charge is 0.280 e. The minimum atomic E-state index is -3.72. The molecule has 0 spiro atoms. The van der Waals surface area contributed by atoms with Gasteiger partial charge in [0.2, 0.25) is 0 Å². The Kier molecular flexibility index (Phi) is 7.97. The molecule has 2 N–H and O–H groups in total. The first-order chi connectivity index (χ1) is 19.6. The van der Waals surface area contributed by atoms with E-state index in [9.17, 15) is 16.8 Å². The summed E-state index contributed by atoms with van der Waals surface area (Å²) in [5, 5.41) is 0. The zero-order valence-electron chi connectivity index (χ0n) is 22.7. The number of sulfonamides is 2. The van der Waals surface area contributed by atoms with Crippen molar-refractivity contribution in [2.45, 2.75) is 29.6 Å². The van der Waals surface area contributed by atoms with Crippen molar-refractivity contribution in [2.24, 2.45) is 0 Å². The van der Waals surface area contributed by atoms with E-state index in [0.29, 0.717) is 11.4 Å². The molecule has 0 heterocycles. The molecule has 6 nitrogen and oxygen atoms in total. The summed E-state index contributed by atoms with van der Waals surface area (Å²) in [6.45, 7) is 3.81. The van der Waals surface area contributed by atoms with Gasteiger partial charge in [0.25, 0.3) is 20.0 Å². The van der Waals surface area contributed by atoms with Crippen LogP contribution >= 0.6 is 0 Å². The van der Waals surface area contributed by atoms with Crippen LogP contribution in [0.4, 0.5) is 11.4 Å². The molecular formula is C33H30N2O4S2. The minimum Gasteiger partial charge on any atom is -0.280 e. The Morgan fingerprint density at radius 1 is 0.439 bits per heavy atom. The molecule has 5 aromatic rings. The molecule has 0 aliphatic rings. The molecule has 0 aromatic heterocycles. The lowest BCUT2D eigenvalue weighted by molar-refractivity contribution is 0.599. The lowest BCUT2D eigenvalue weighted by Gasteiger charge is -2.20. The van der Waals surface area contributed by atoms with Gasteiger partial charge in [-0.1, -0.05) is 90.0 Å². The van der Waals surface area contributed by atoms with Crippen molar-refractivity contribution < 1.29 is 16.8 Å². The quantitative estimate of drug-likeness (QED) is 0.182. The zero-order chi connectivity index (χ0) is 29.0. The third kappa shape index (κ3) is 6.67. The molecule has 0 aliphatic carbocycles. The summed E-state index contributed by atoms with van der Waals surface area (Å²) < 4.78 is 56.7. The van der Waals surface area contributed by atoms with E-state index in [1.165, 1.54) is 0 Å². The molecule has 0 amide bonds. The molecule has 8 heteroatoms. The van der Waals surface area contributed by atoms with Crippen molar-refractivity contribution in [1.29, 1.82) is 0 Å². The minimum absolute atomic E-state index is 0.151. The number of anilines is 2. The Bertz CT molecular complexity index is 1720. The molecule has 0 atom stereocenters. The molecule has 208 valence electrons. The van der Waals surface area contributed by atoms with E-state index in [4.69, 9.17) is 0 Å². The van der Waals surface area contributed by atoms with Crippen molar-refractivity contribution in [1.82, 2.24) is 0 Å². The highest BCUT2D eigenvalue weighted by atomic mass is 32.2. The number of hydrogen-bond donors (Lipinski definition) is 2. The lowest BCUT2D eigenvalue weighted by Crippen LogP contribution is -2.13. The maximum Gasteiger partial charge on any atom is 0.261 e. The Morgan fingerprint density at radius 3 is 1.15 bits per heavy atom. The van der Waals surface area contributed by atoms with Crippen molar-refractivity contribution >= 4 is 31.4 Å². The maximum absolute atomic E-state index is 12.9. The molecule has 0 bridgehead atoms. The van der Waals surface area contributed by atoms with Crippen molar-refractivity contribution in [2.75, 3.05) is 9.44 Å². The van der Waals surface area contributed by atoms with Gasteiger partial charge in [0, 0.05) is 17.3 Å². The molecule has 5 rings (SSSR count). The van der Waals surface area contributed by atoms with Gasteiger partial charge < -0.3 is 0 Å². The van der Waals surface area contributed by atoms with Gasteiger partial charge in [-0.05, 0) is 79.1 Å². The van der Waals surface area contributed by atoms with Gasteiger partial charge in [-0.3, -0.25) is 9.44 Å². The van der Waals surface area contributed by atoms with Crippen LogP contribution in [0.15, 0.2) is 137 Å². The summed E-state index contributed by atoms with van der Waals surface area (Å²) in [5.74, 6) is -0.151. The van der Waals surface area contributed by atoms with Crippen molar-refractivity contribution in [3.8, 4) is 0 Å². The first-order valence-corrected chi connectivity index (χ1v) is 16.0. The predicted octanol–water partition coefficient (Wildman–Crippen LogP) is 7.09. The highest BCUT2D eigenvalue weighted by molar-refractivity contribution is 7.93. The fourth-order valence-electron chi connectivity index (χ4n) is 4.57. The van der Waals surface area contributed by atoms with E-state index in [2.05, 4.69) is 9.44 Å². The Morgan fingerprint density at radius 2 is 0.780 bits per heavy atom. The van der Waals surface area contributed by atoms with Gasteiger partial charge in [0.05, 0.1) is 9.79 Å². The fraction of sp³-hybridized carbons (Fsp3) is 0.0909. The van der Waals surface area contributed by atoms with Crippen molar-refractivity contribution in [3.05, 3.63) is 155 Å². The molecule has 5 aromatic carbocycles. The van der Waals surface area contributed by atoms with Crippen LogP contribution in [0.3, 0.4) is 0 Å². The van der Waals surface area contributed by atoms with Crippen molar-refractivity contribution in [3.63, 3.8) is 0 Å². The van der Waals surface area contributed by atoms with Crippen LogP contribution in [0.5, 0.6) is 0 Å². The van der Waals surface area contributed by atoms with E-state index in [-0.39, 0.29) is 15.7 Å². The van der Waals surface area contributed by atoms with E-state index in [0.717, 1.165) is 27.8 Å². The molecule has 0 fully saturated rings. The van der Waals surface area contributed by atoms with E-state index in [1.807, 2.05) is 68.4 Å². The van der Waals surface area contributed by atoms with E-state index in [1.54, 1.807) is 72.8 Å². The van der Waals surface area contributed by atoms with E-state index >= 15 is 0 Å². The molecule has 0 saturated heterocycles. The summed E-state index contributed by atoms with van der Waals surface area (Å²) in [5.41, 5.74) is 5.86. The third-order valence-electron chi connectivity index (χ3n) is 6.79. The van der Waals surface area contributed by atoms with Crippen LogP contribution < -0.4 is 9.44 Å². The second-order valence-electron chi connectivity index (χ2n) is 9.92. The van der Waals surface area contributed by atoms with Gasteiger partial charge in [0.15, 0.2) is 0 Å². The number of benzene rings is 5. The topological polar surface area (TPSA) is 92.3 Å². The SMILES string of the molecule is Cc1ccc(S(=O)(=O)Nc2ccc(C(c3ccccc3)c3ccc(NS(=O)(=O)c4ccc(C)cc4)cc3)cc2)cc1. The third-order valence-corrected chi connectivity index (χ3v) is 9.58. The summed E-state index contributed by atoms with van der Waals surface area (Å²) >= 11 is 0. The number of rotatable bonds is 9. The van der Waals surface area contributed by atoms with Crippen LogP contribution in [0.25, 0.3) is 0 Å². The summed E-state index contributed by atoms with van der Waals surface area (Å²) in [4.78, 5) is 0.403. The molecular weight excluding hydrogens is 553 g/mol. The molecule has 0 saturated carbocycles. The first-order valence-electron chi connectivity index (χ1n) is 13.0. The highest BCUT2D eigenvalue weighted by Crippen LogP contribution is 2.33. The smallest absolute Gasteiger partial charge is 0.261 e. The normalized spacial score (nSPS) is 11.8. The van der Waals surface area contributed by atoms with Crippen LogP contribution in [0.2, 0.25) is 0 Å². The van der Waals surface area contributed by atoms with E-state index < -0.39 is 20.0 Å². The van der Waals surface area contributed by atoms with Gasteiger partial charge in [-0.25, -0.2) is 16.8 Å². The Labute approximate surface area is 241 Å². The van der Waals surface area contributed by atoms with Crippen LogP contribution in [0.1, 0.15) is 33.7 Å². The van der Waals surface area contributed by atoms with Gasteiger partial charge in [-0.2, -0.15) is 0 Å². The molecule has 0 aliphatic heterocycles. The average Bonchev–Trinajstić information content (AvgIpc) is 2.96. The number of nitrogens with one attached hydrogen (secondary N) is 2. The first kappa shape index (κ1) is 28.1. The summed E-state index contributed by atoms with van der Waals surface area (Å²) in [6.07, 6.45) is 0. The second kappa shape index (κ2) is 11.6. The Hall–Kier alpha value is -4.40. The summed E-state index contributed by atoms with van der Waals surface area (Å²) in [7, 11) is -7.43. The summed E-state index contributed by atoms with van der Waals surface area (Å²) in [6, 6.07) is 38.0. The Balaban J connectivity index is 1.40. The second-order valence-corrected chi connectivity index (χ2v) is 13.3. The molecule has 0 radical (unpaired) electrons. The average molecular weight is 583 g/mol. The maximum atomic E-state index is 12.9. The van der Waals surface area contributed by atoms with Gasteiger partial charge >= 0.3 is 0 Å². The monoisotopic (exact) mass is 582 g/mol. The van der Waals surface area contributed by atoms with Crippen LogP contribution in [0, 0.1) is 13.8 Å². The number of hydrogen-bond acceptors (Lipinski definition) is 4. The highest BCUT2D eigenvalue weighted by Gasteiger charge is 2.19. The van der Waals surface area contributed by atoms with Crippen LogP contribution in [-0.4, -0.2) is 16.8 Å². The zero-order valence-corrected chi connectivity index (χ0v) is 24.3. The van der Waals surface area contributed by atoms with Crippen LogP contribution in [-0.2, 0) is 20.0 Å². The lowest BCUT2D eigenvalue weighted by atomic mass is 9.85.